The van der Waals surface area contributed by atoms with Crippen LogP contribution in [0.5, 0.6) is 5.75 Å². The van der Waals surface area contributed by atoms with E-state index in [2.05, 4.69) is 4.99 Å². The average Bonchev–Trinajstić information content (AvgIpc) is 3.10. The van der Waals surface area contributed by atoms with Crippen molar-refractivity contribution in [2.24, 2.45) is 4.99 Å². The normalized spacial score (nSPS) is 15.8. The lowest BCUT2D eigenvalue weighted by molar-refractivity contribution is -0.136. The molecular formula is C24H20Cl2N2O4S. The van der Waals surface area contributed by atoms with Crippen LogP contribution in [0.3, 0.4) is 0 Å². The molecule has 0 saturated heterocycles. The monoisotopic (exact) mass is 502 g/mol. The van der Waals surface area contributed by atoms with Gasteiger partial charge in [0.25, 0.3) is 5.56 Å². The lowest BCUT2D eigenvalue weighted by atomic mass is 9.96. The van der Waals surface area contributed by atoms with Gasteiger partial charge >= 0.3 is 5.97 Å². The highest BCUT2D eigenvalue weighted by Gasteiger charge is 2.33. The van der Waals surface area contributed by atoms with Gasteiger partial charge in [-0.1, -0.05) is 52.7 Å². The van der Waals surface area contributed by atoms with Gasteiger partial charge in [0.1, 0.15) is 5.75 Å². The van der Waals surface area contributed by atoms with Crippen LogP contribution in [0, 0.1) is 0 Å². The van der Waals surface area contributed by atoms with Crippen LogP contribution < -0.4 is 19.6 Å². The molecule has 2 aromatic carbocycles. The fourth-order valence-electron chi connectivity index (χ4n) is 3.67. The van der Waals surface area contributed by atoms with Gasteiger partial charge in [-0.25, -0.2) is 9.79 Å². The lowest BCUT2D eigenvalue weighted by Crippen LogP contribution is -2.39. The summed E-state index contributed by atoms with van der Waals surface area (Å²) in [5.74, 6) is 0.169. The van der Waals surface area contributed by atoms with Crippen LogP contribution in [0.25, 0.3) is 6.08 Å². The standard InChI is InChI=1S/C24H20Cl2N2O4S/c1-4-32-16-8-6-15(7-9-16)21-20(23(30)31-3)13(2)27-24-28(21)22(29)19(33-24)12-14-5-10-17(25)18(26)11-14/h5-12,21H,4H2,1-3H3. The third-order valence-electron chi connectivity index (χ3n) is 5.18. The first-order valence-electron chi connectivity index (χ1n) is 10.1. The van der Waals surface area contributed by atoms with Crippen molar-refractivity contribution >= 4 is 46.6 Å². The van der Waals surface area contributed by atoms with Crippen LogP contribution in [0.4, 0.5) is 0 Å². The van der Waals surface area contributed by atoms with Crippen molar-refractivity contribution in [2.45, 2.75) is 19.9 Å². The fraction of sp³-hybridized carbons (Fsp3) is 0.208. The predicted octanol–water partition coefficient (Wildman–Crippen LogP) is 4.11. The maximum absolute atomic E-state index is 13.5. The largest absolute Gasteiger partial charge is 0.494 e. The molecule has 170 valence electrons. The second-order valence-electron chi connectivity index (χ2n) is 7.25. The Morgan fingerprint density at radius 3 is 2.55 bits per heavy atom. The molecule has 1 unspecified atom stereocenters. The van der Waals surface area contributed by atoms with Gasteiger partial charge in [-0.05, 0) is 55.3 Å². The number of carbonyl (C=O) groups excluding carboxylic acids is 1. The van der Waals surface area contributed by atoms with E-state index < -0.39 is 12.0 Å². The molecule has 0 amide bonds. The third kappa shape index (κ3) is 4.49. The van der Waals surface area contributed by atoms with Gasteiger partial charge in [-0.2, -0.15) is 0 Å². The van der Waals surface area contributed by atoms with Crippen LogP contribution in [0.15, 0.2) is 63.5 Å². The zero-order valence-electron chi connectivity index (χ0n) is 18.1. The molecule has 1 aromatic heterocycles. The van der Waals surface area contributed by atoms with Crippen molar-refractivity contribution in [3.05, 3.63) is 94.6 Å². The predicted molar refractivity (Wildman–Crippen MR) is 130 cm³/mol. The highest BCUT2D eigenvalue weighted by Crippen LogP contribution is 2.31. The number of esters is 1. The minimum absolute atomic E-state index is 0.266. The number of ether oxygens (including phenoxy) is 2. The molecule has 3 aromatic rings. The number of nitrogens with zero attached hydrogens (tertiary/aromatic N) is 2. The topological polar surface area (TPSA) is 69.9 Å². The van der Waals surface area contributed by atoms with E-state index >= 15 is 0 Å². The summed E-state index contributed by atoms with van der Waals surface area (Å²) in [6.07, 6.45) is 1.73. The summed E-state index contributed by atoms with van der Waals surface area (Å²) in [5, 5.41) is 0.832. The Hall–Kier alpha value is -2.87. The number of halogens is 2. The van der Waals surface area contributed by atoms with E-state index in [1.807, 2.05) is 31.2 Å². The third-order valence-corrected chi connectivity index (χ3v) is 6.90. The summed E-state index contributed by atoms with van der Waals surface area (Å²) in [6.45, 7) is 4.18. The molecule has 2 heterocycles. The zero-order valence-corrected chi connectivity index (χ0v) is 20.4. The minimum atomic E-state index is -0.680. The number of methoxy groups -OCH3 is 1. The van der Waals surface area contributed by atoms with Crippen molar-refractivity contribution < 1.29 is 14.3 Å². The first kappa shape index (κ1) is 23.3. The van der Waals surface area contributed by atoms with Crippen LogP contribution in [0.2, 0.25) is 10.0 Å². The Morgan fingerprint density at radius 1 is 1.18 bits per heavy atom. The quantitative estimate of drug-likeness (QED) is 0.492. The fourth-order valence-corrected chi connectivity index (χ4v) is 5.03. The van der Waals surface area contributed by atoms with E-state index in [0.717, 1.165) is 11.1 Å². The van der Waals surface area contributed by atoms with Gasteiger partial charge in [0, 0.05) is 0 Å². The Labute approximate surface area is 204 Å². The first-order valence-corrected chi connectivity index (χ1v) is 11.7. The number of carbonyl (C=O) groups is 1. The highest BCUT2D eigenvalue weighted by atomic mass is 35.5. The number of rotatable bonds is 5. The second-order valence-corrected chi connectivity index (χ2v) is 9.07. The molecule has 9 heteroatoms. The average molecular weight is 503 g/mol. The van der Waals surface area contributed by atoms with Gasteiger partial charge in [-0.15, -0.1) is 0 Å². The Balaban J connectivity index is 1.92. The SMILES string of the molecule is CCOc1ccc(C2C(C(=O)OC)=C(C)N=c3sc(=Cc4ccc(Cl)c(Cl)c4)c(=O)n32)cc1. The van der Waals surface area contributed by atoms with Gasteiger partial charge < -0.3 is 9.47 Å². The lowest BCUT2D eigenvalue weighted by Gasteiger charge is -2.24. The van der Waals surface area contributed by atoms with Crippen LogP contribution in [-0.2, 0) is 9.53 Å². The number of fused-ring (bicyclic) bond motifs is 1. The summed E-state index contributed by atoms with van der Waals surface area (Å²) in [7, 11) is 1.31. The van der Waals surface area contributed by atoms with Crippen molar-refractivity contribution in [2.75, 3.05) is 13.7 Å². The molecule has 0 aliphatic carbocycles. The molecule has 4 rings (SSSR count). The van der Waals surface area contributed by atoms with Gasteiger partial charge in [0.2, 0.25) is 0 Å². The van der Waals surface area contributed by atoms with E-state index in [9.17, 15) is 9.59 Å². The molecule has 33 heavy (non-hydrogen) atoms. The molecule has 0 radical (unpaired) electrons. The zero-order chi connectivity index (χ0) is 23.7. The molecule has 0 bridgehead atoms. The number of hydrogen-bond donors (Lipinski definition) is 0. The molecule has 1 aliphatic rings. The number of thiazole rings is 1. The first-order chi connectivity index (χ1) is 15.8. The number of allylic oxidation sites excluding steroid dienone is 1. The maximum atomic E-state index is 13.5. The van der Waals surface area contributed by atoms with E-state index in [-0.39, 0.29) is 5.56 Å². The molecular weight excluding hydrogens is 483 g/mol. The van der Waals surface area contributed by atoms with Gasteiger partial charge in [0.05, 0.1) is 45.6 Å². The van der Waals surface area contributed by atoms with Crippen molar-refractivity contribution in [1.29, 1.82) is 0 Å². The van der Waals surface area contributed by atoms with Gasteiger partial charge in [-0.3, -0.25) is 9.36 Å². The Bertz CT molecular complexity index is 1440. The van der Waals surface area contributed by atoms with Crippen molar-refractivity contribution in [3.8, 4) is 5.75 Å². The highest BCUT2D eigenvalue weighted by molar-refractivity contribution is 7.07. The molecule has 1 atom stereocenters. The second kappa shape index (κ2) is 9.55. The van der Waals surface area contributed by atoms with Crippen molar-refractivity contribution in [1.82, 2.24) is 4.57 Å². The number of hydrogen-bond acceptors (Lipinski definition) is 6. The van der Waals surface area contributed by atoms with E-state index in [1.165, 1.54) is 23.0 Å². The Morgan fingerprint density at radius 2 is 1.91 bits per heavy atom. The molecule has 0 N–H and O–H groups in total. The number of benzene rings is 2. The molecule has 6 nitrogen and oxygen atoms in total. The smallest absolute Gasteiger partial charge is 0.338 e. The summed E-state index contributed by atoms with van der Waals surface area (Å²) >= 11 is 13.4. The van der Waals surface area contributed by atoms with Crippen LogP contribution >= 0.6 is 34.5 Å². The molecule has 0 saturated carbocycles. The van der Waals surface area contributed by atoms with Crippen molar-refractivity contribution in [3.63, 3.8) is 0 Å². The molecule has 0 fully saturated rings. The van der Waals surface area contributed by atoms with Crippen LogP contribution in [-0.4, -0.2) is 24.3 Å². The summed E-state index contributed by atoms with van der Waals surface area (Å²) in [5.41, 5.74) is 2.03. The van der Waals surface area contributed by atoms with E-state index in [0.29, 0.717) is 43.0 Å². The van der Waals surface area contributed by atoms with E-state index in [1.54, 1.807) is 31.2 Å². The van der Waals surface area contributed by atoms with Gasteiger partial charge in [0.15, 0.2) is 4.80 Å². The van der Waals surface area contributed by atoms with Crippen LogP contribution in [0.1, 0.15) is 31.0 Å². The molecule has 1 aliphatic heterocycles. The summed E-state index contributed by atoms with van der Waals surface area (Å²) in [6, 6.07) is 11.8. The summed E-state index contributed by atoms with van der Waals surface area (Å²) in [4.78, 5) is 31.3. The molecule has 0 spiro atoms. The Kier molecular flexibility index (Phi) is 6.74. The minimum Gasteiger partial charge on any atom is -0.494 e. The summed E-state index contributed by atoms with van der Waals surface area (Å²) < 4.78 is 12.6. The van der Waals surface area contributed by atoms with E-state index in [4.69, 9.17) is 32.7 Å². The number of aromatic nitrogens is 1. The maximum Gasteiger partial charge on any atom is 0.338 e.